The molecule has 1 aliphatic heterocycles. The van der Waals surface area contributed by atoms with Gasteiger partial charge in [0.1, 0.15) is 0 Å². The van der Waals surface area contributed by atoms with Crippen LogP contribution in [0, 0.1) is 0 Å². The summed E-state index contributed by atoms with van der Waals surface area (Å²) >= 11 is 0. The predicted octanol–water partition coefficient (Wildman–Crippen LogP) is 4.11. The van der Waals surface area contributed by atoms with Crippen molar-refractivity contribution in [2.45, 2.75) is 84.0 Å². The van der Waals surface area contributed by atoms with Crippen molar-refractivity contribution in [3.63, 3.8) is 0 Å². The Morgan fingerprint density at radius 3 is 1.79 bits per heavy atom. The molecule has 5 heteroatoms. The average Bonchev–Trinajstić information content (AvgIpc) is 2.89. The summed E-state index contributed by atoms with van der Waals surface area (Å²) in [6.45, 7) is 1.96. The van der Waals surface area contributed by atoms with Gasteiger partial charge in [-0.3, -0.25) is 14.4 Å². The molecule has 2 amide bonds. The first-order valence-electron chi connectivity index (χ1n) is 9.34. The smallest absolute Gasteiger partial charge is 0.307 e. The van der Waals surface area contributed by atoms with Crippen molar-refractivity contribution in [2.75, 3.05) is 6.73 Å². The van der Waals surface area contributed by atoms with Gasteiger partial charge in [0, 0.05) is 18.6 Å². The number of ether oxygens (including phenoxy) is 1. The Hall–Kier alpha value is -1.65. The highest BCUT2D eigenvalue weighted by Gasteiger charge is 2.24. The van der Waals surface area contributed by atoms with E-state index in [4.69, 9.17) is 4.74 Å². The molecule has 0 saturated heterocycles. The van der Waals surface area contributed by atoms with E-state index in [1.54, 1.807) is 0 Å². The molecule has 5 nitrogen and oxygen atoms in total. The summed E-state index contributed by atoms with van der Waals surface area (Å²) in [5, 5.41) is 0. The van der Waals surface area contributed by atoms with Crippen LogP contribution < -0.4 is 0 Å². The Morgan fingerprint density at radius 2 is 1.29 bits per heavy atom. The second-order valence-electron chi connectivity index (χ2n) is 6.37. The molecule has 1 aliphatic rings. The lowest BCUT2D eigenvalue weighted by Crippen LogP contribution is -2.33. The van der Waals surface area contributed by atoms with Crippen LogP contribution in [-0.2, 0) is 19.1 Å². The van der Waals surface area contributed by atoms with Gasteiger partial charge in [0.05, 0.1) is 0 Å². The number of carbonyl (C=O) groups excluding carboxylic acids is 3. The summed E-state index contributed by atoms with van der Waals surface area (Å²) in [6, 6.07) is 0. The number of esters is 1. The van der Waals surface area contributed by atoms with Gasteiger partial charge in [-0.05, 0) is 6.42 Å². The van der Waals surface area contributed by atoms with E-state index >= 15 is 0 Å². The third-order valence-electron chi connectivity index (χ3n) is 4.24. The van der Waals surface area contributed by atoms with Crippen molar-refractivity contribution in [3.8, 4) is 0 Å². The van der Waals surface area contributed by atoms with Gasteiger partial charge < -0.3 is 4.74 Å². The lowest BCUT2D eigenvalue weighted by Gasteiger charge is -2.13. The van der Waals surface area contributed by atoms with Gasteiger partial charge in [-0.2, -0.15) is 0 Å². The second kappa shape index (κ2) is 12.7. The van der Waals surface area contributed by atoms with Crippen molar-refractivity contribution in [1.82, 2.24) is 4.90 Å². The number of hydrogen-bond donors (Lipinski definition) is 0. The highest BCUT2D eigenvalue weighted by atomic mass is 16.5. The Labute approximate surface area is 145 Å². The Morgan fingerprint density at radius 1 is 0.833 bits per heavy atom. The number of carbonyl (C=O) groups is 3. The Bertz CT molecular complexity index is 413. The van der Waals surface area contributed by atoms with Crippen molar-refractivity contribution < 1.29 is 19.1 Å². The van der Waals surface area contributed by atoms with E-state index in [9.17, 15) is 14.4 Å². The molecule has 0 aromatic rings. The highest BCUT2D eigenvalue weighted by molar-refractivity contribution is 6.12. The molecule has 24 heavy (non-hydrogen) atoms. The standard InChI is InChI=1S/C19H31NO4/c1-2-3-4-5-6-7-8-9-10-11-12-13-19(23)24-16-20-17(21)14-15-18(20)22/h14-15H,2-13,16H2,1H3. The third kappa shape index (κ3) is 8.85. The van der Waals surface area contributed by atoms with Crippen molar-refractivity contribution in [3.05, 3.63) is 12.2 Å². The number of imide groups is 1. The second-order valence-corrected chi connectivity index (χ2v) is 6.37. The zero-order valence-corrected chi connectivity index (χ0v) is 14.9. The minimum Gasteiger partial charge on any atom is -0.444 e. The van der Waals surface area contributed by atoms with Crippen LogP contribution in [0.25, 0.3) is 0 Å². The number of rotatable bonds is 14. The van der Waals surface area contributed by atoms with E-state index < -0.39 is 11.8 Å². The van der Waals surface area contributed by atoms with Gasteiger partial charge in [-0.1, -0.05) is 71.1 Å². The van der Waals surface area contributed by atoms with Crippen molar-refractivity contribution in [2.24, 2.45) is 0 Å². The summed E-state index contributed by atoms with van der Waals surface area (Å²) in [5.74, 6) is -1.21. The van der Waals surface area contributed by atoms with Crippen molar-refractivity contribution in [1.29, 1.82) is 0 Å². The molecular formula is C19H31NO4. The van der Waals surface area contributed by atoms with E-state index in [2.05, 4.69) is 6.92 Å². The first-order chi connectivity index (χ1) is 11.6. The first kappa shape index (κ1) is 20.4. The molecule has 0 unspecified atom stereocenters. The van der Waals surface area contributed by atoms with Gasteiger partial charge in [-0.15, -0.1) is 0 Å². The van der Waals surface area contributed by atoms with E-state index in [0.29, 0.717) is 6.42 Å². The maximum atomic E-state index is 11.6. The zero-order chi connectivity index (χ0) is 17.6. The lowest BCUT2D eigenvalue weighted by atomic mass is 10.1. The Balaban J connectivity index is 1.88. The molecule has 136 valence electrons. The fraction of sp³-hybridized carbons (Fsp3) is 0.737. The number of hydrogen-bond acceptors (Lipinski definition) is 4. The van der Waals surface area contributed by atoms with Crippen LogP contribution in [0.4, 0.5) is 0 Å². The normalized spacial score (nSPS) is 13.8. The van der Waals surface area contributed by atoms with E-state index in [0.717, 1.165) is 24.2 Å². The molecule has 0 N–H and O–H groups in total. The molecule has 0 fully saturated rings. The van der Waals surface area contributed by atoms with Gasteiger partial charge in [-0.25, -0.2) is 4.90 Å². The molecule has 0 spiro atoms. The molecule has 0 aromatic heterocycles. The molecule has 1 rings (SSSR count). The number of unbranched alkanes of at least 4 members (excludes halogenated alkanes) is 10. The molecule has 0 saturated carbocycles. The van der Waals surface area contributed by atoms with E-state index in [-0.39, 0.29) is 12.7 Å². The van der Waals surface area contributed by atoms with Crippen LogP contribution >= 0.6 is 0 Å². The monoisotopic (exact) mass is 337 g/mol. The van der Waals surface area contributed by atoms with Crippen LogP contribution in [0.2, 0.25) is 0 Å². The summed E-state index contributed by atoms with van der Waals surface area (Å²) in [7, 11) is 0. The van der Waals surface area contributed by atoms with Gasteiger partial charge >= 0.3 is 5.97 Å². The van der Waals surface area contributed by atoms with Gasteiger partial charge in [0.25, 0.3) is 11.8 Å². The summed E-state index contributed by atoms with van der Waals surface area (Å²) < 4.78 is 4.96. The molecule has 0 aliphatic carbocycles. The van der Waals surface area contributed by atoms with Crippen LogP contribution in [0.3, 0.4) is 0 Å². The molecular weight excluding hydrogens is 306 g/mol. The predicted molar refractivity (Wildman–Crippen MR) is 93.0 cm³/mol. The van der Waals surface area contributed by atoms with Gasteiger partial charge in [0.2, 0.25) is 0 Å². The van der Waals surface area contributed by atoms with Crippen LogP contribution in [-0.4, -0.2) is 29.4 Å². The maximum Gasteiger partial charge on any atom is 0.307 e. The fourth-order valence-electron chi connectivity index (χ4n) is 2.70. The van der Waals surface area contributed by atoms with E-state index in [1.807, 2.05) is 0 Å². The first-order valence-corrected chi connectivity index (χ1v) is 9.34. The largest absolute Gasteiger partial charge is 0.444 e. The summed E-state index contributed by atoms with van der Waals surface area (Å²) in [5.41, 5.74) is 0. The van der Waals surface area contributed by atoms with E-state index in [1.165, 1.54) is 63.5 Å². The molecule has 1 heterocycles. The summed E-state index contributed by atoms with van der Waals surface area (Å²) in [4.78, 5) is 35.1. The number of amides is 2. The summed E-state index contributed by atoms with van der Waals surface area (Å²) in [6.07, 6.45) is 16.2. The zero-order valence-electron chi connectivity index (χ0n) is 14.9. The number of nitrogens with zero attached hydrogens (tertiary/aromatic N) is 1. The third-order valence-corrected chi connectivity index (χ3v) is 4.24. The highest BCUT2D eigenvalue weighted by Crippen LogP contribution is 2.12. The van der Waals surface area contributed by atoms with Gasteiger partial charge in [0.15, 0.2) is 6.73 Å². The molecule has 0 aromatic carbocycles. The minimum atomic E-state index is -0.428. The molecule has 0 atom stereocenters. The SMILES string of the molecule is CCCCCCCCCCCCCC(=O)OCN1C(=O)C=CC1=O. The topological polar surface area (TPSA) is 63.7 Å². The van der Waals surface area contributed by atoms with Crippen LogP contribution in [0.5, 0.6) is 0 Å². The Kier molecular flexibility index (Phi) is 10.8. The average molecular weight is 337 g/mol. The quantitative estimate of drug-likeness (QED) is 0.272. The van der Waals surface area contributed by atoms with Crippen molar-refractivity contribution >= 4 is 17.8 Å². The maximum absolute atomic E-state index is 11.6. The minimum absolute atomic E-state index is 0.276. The molecule has 0 bridgehead atoms. The lowest BCUT2D eigenvalue weighted by molar-refractivity contribution is -0.154. The van der Waals surface area contributed by atoms with Crippen LogP contribution in [0.15, 0.2) is 12.2 Å². The molecule has 0 radical (unpaired) electrons. The van der Waals surface area contributed by atoms with Crippen LogP contribution in [0.1, 0.15) is 84.0 Å². The fourth-order valence-corrected chi connectivity index (χ4v) is 2.70.